The van der Waals surface area contributed by atoms with Crippen molar-refractivity contribution in [3.8, 4) is 11.5 Å². The summed E-state index contributed by atoms with van der Waals surface area (Å²) in [4.78, 5) is 15.8. The lowest BCUT2D eigenvalue weighted by molar-refractivity contribution is -0.149. The normalized spacial score (nSPS) is 18.7. The maximum atomic E-state index is 13.4. The fourth-order valence-electron chi connectivity index (χ4n) is 4.76. The van der Waals surface area contributed by atoms with Gasteiger partial charge in [0.1, 0.15) is 23.5 Å². The summed E-state index contributed by atoms with van der Waals surface area (Å²) in [5.41, 5.74) is 2.89. The van der Waals surface area contributed by atoms with E-state index in [4.69, 9.17) is 9.47 Å². The summed E-state index contributed by atoms with van der Waals surface area (Å²) in [6, 6.07) is 26.0. The molecule has 0 N–H and O–H groups in total. The molecule has 2 aliphatic heterocycles. The van der Waals surface area contributed by atoms with Crippen molar-refractivity contribution in [2.45, 2.75) is 37.8 Å². The predicted octanol–water partition coefficient (Wildman–Crippen LogP) is 5.48. The maximum absolute atomic E-state index is 13.4. The SMILES string of the molecule is CC(C)(c1ccccc1)N1CC[C@@H](OC(=O)C2c3ccccc3Oc3ccccc32)C1. The molecule has 31 heavy (non-hydrogen) atoms. The number of nitrogens with zero attached hydrogens (tertiary/aromatic N) is 1. The Balaban J connectivity index is 1.35. The Morgan fingerprint density at radius 2 is 1.48 bits per heavy atom. The van der Waals surface area contributed by atoms with Gasteiger partial charge in [0.25, 0.3) is 0 Å². The summed E-state index contributed by atoms with van der Waals surface area (Å²) < 4.78 is 12.1. The first-order valence-electron chi connectivity index (χ1n) is 10.9. The minimum Gasteiger partial charge on any atom is -0.460 e. The van der Waals surface area contributed by atoms with Gasteiger partial charge < -0.3 is 9.47 Å². The van der Waals surface area contributed by atoms with Crippen molar-refractivity contribution in [1.29, 1.82) is 0 Å². The van der Waals surface area contributed by atoms with Gasteiger partial charge in [-0.1, -0.05) is 66.7 Å². The van der Waals surface area contributed by atoms with Crippen molar-refractivity contribution >= 4 is 5.97 Å². The molecule has 0 spiro atoms. The third kappa shape index (κ3) is 3.61. The van der Waals surface area contributed by atoms with Gasteiger partial charge in [-0.3, -0.25) is 9.69 Å². The molecule has 0 bridgehead atoms. The molecule has 0 saturated carbocycles. The largest absolute Gasteiger partial charge is 0.460 e. The zero-order chi connectivity index (χ0) is 21.4. The van der Waals surface area contributed by atoms with E-state index < -0.39 is 5.92 Å². The lowest BCUT2D eigenvalue weighted by atomic mass is 9.88. The van der Waals surface area contributed by atoms with Crippen LogP contribution in [0.15, 0.2) is 78.9 Å². The molecule has 0 amide bonds. The van der Waals surface area contributed by atoms with Crippen molar-refractivity contribution < 1.29 is 14.3 Å². The average molecular weight is 414 g/mol. The molecule has 1 atom stereocenters. The van der Waals surface area contributed by atoms with E-state index in [1.54, 1.807) is 0 Å². The quantitative estimate of drug-likeness (QED) is 0.531. The van der Waals surface area contributed by atoms with Gasteiger partial charge in [0.2, 0.25) is 0 Å². The van der Waals surface area contributed by atoms with E-state index >= 15 is 0 Å². The number of hydrogen-bond donors (Lipinski definition) is 0. The monoisotopic (exact) mass is 413 g/mol. The van der Waals surface area contributed by atoms with Gasteiger partial charge in [-0.2, -0.15) is 0 Å². The highest BCUT2D eigenvalue weighted by Crippen LogP contribution is 2.44. The average Bonchev–Trinajstić information content (AvgIpc) is 3.27. The molecule has 0 aromatic heterocycles. The van der Waals surface area contributed by atoms with Gasteiger partial charge in [-0.05, 0) is 38.0 Å². The molecule has 4 heteroatoms. The van der Waals surface area contributed by atoms with Crippen LogP contribution in [0.2, 0.25) is 0 Å². The highest BCUT2D eigenvalue weighted by molar-refractivity contribution is 5.85. The minimum absolute atomic E-state index is 0.111. The summed E-state index contributed by atoms with van der Waals surface area (Å²) in [6.07, 6.45) is 0.729. The highest BCUT2D eigenvalue weighted by Gasteiger charge is 2.39. The number of esters is 1. The van der Waals surface area contributed by atoms with Gasteiger partial charge in [0.05, 0.1) is 0 Å². The second kappa shape index (κ2) is 7.86. The highest BCUT2D eigenvalue weighted by atomic mass is 16.5. The van der Waals surface area contributed by atoms with Crippen LogP contribution in [-0.4, -0.2) is 30.1 Å². The Labute approximate surface area is 183 Å². The number of benzene rings is 3. The zero-order valence-electron chi connectivity index (χ0n) is 18.0. The molecule has 4 nitrogen and oxygen atoms in total. The number of hydrogen-bond acceptors (Lipinski definition) is 4. The molecular weight excluding hydrogens is 386 g/mol. The van der Waals surface area contributed by atoms with E-state index in [0.29, 0.717) is 0 Å². The Bertz CT molecular complexity index is 1050. The van der Waals surface area contributed by atoms with Crippen LogP contribution in [0.25, 0.3) is 0 Å². The van der Waals surface area contributed by atoms with E-state index in [0.717, 1.165) is 42.1 Å². The fraction of sp³-hybridized carbons (Fsp3) is 0.296. The van der Waals surface area contributed by atoms with Crippen LogP contribution >= 0.6 is 0 Å². The molecular formula is C27H27NO3. The smallest absolute Gasteiger partial charge is 0.318 e. The first-order valence-corrected chi connectivity index (χ1v) is 10.9. The molecule has 158 valence electrons. The van der Waals surface area contributed by atoms with Crippen molar-refractivity contribution in [3.05, 3.63) is 95.6 Å². The number of likely N-dealkylation sites (tertiary alicyclic amines) is 1. The second-order valence-corrected chi connectivity index (χ2v) is 8.83. The number of para-hydroxylation sites is 2. The predicted molar refractivity (Wildman–Crippen MR) is 120 cm³/mol. The molecule has 3 aromatic carbocycles. The van der Waals surface area contributed by atoms with Gasteiger partial charge in [0.15, 0.2) is 0 Å². The number of rotatable bonds is 4. The molecule has 5 rings (SSSR count). The van der Waals surface area contributed by atoms with Crippen molar-refractivity contribution in [2.24, 2.45) is 0 Å². The number of carbonyl (C=O) groups is 1. The first-order chi connectivity index (χ1) is 15.0. The van der Waals surface area contributed by atoms with Crippen molar-refractivity contribution in [2.75, 3.05) is 13.1 Å². The van der Waals surface area contributed by atoms with Crippen LogP contribution in [0.5, 0.6) is 11.5 Å². The molecule has 2 heterocycles. The van der Waals surface area contributed by atoms with Crippen LogP contribution in [0.1, 0.15) is 42.9 Å². The van der Waals surface area contributed by atoms with Gasteiger partial charge >= 0.3 is 5.97 Å². The summed E-state index contributed by atoms with van der Waals surface area (Å²) in [7, 11) is 0. The standard InChI is InChI=1S/C27H27NO3/c1-27(2,19-10-4-3-5-11-19)28-17-16-20(18-28)30-26(29)25-21-12-6-8-14-23(21)31-24-15-9-7-13-22(24)25/h3-15,20,25H,16-18H2,1-2H3/t20-/m1/s1. The van der Waals surface area contributed by atoms with Crippen LogP contribution in [0, 0.1) is 0 Å². The Kier molecular flexibility index (Phi) is 5.03. The van der Waals surface area contributed by atoms with Gasteiger partial charge in [-0.25, -0.2) is 0 Å². The van der Waals surface area contributed by atoms with Crippen molar-refractivity contribution in [1.82, 2.24) is 4.90 Å². The van der Waals surface area contributed by atoms with E-state index in [2.05, 4.69) is 43.0 Å². The lowest BCUT2D eigenvalue weighted by Gasteiger charge is -2.36. The number of carbonyl (C=O) groups excluding carboxylic acids is 1. The second-order valence-electron chi connectivity index (χ2n) is 8.83. The Morgan fingerprint density at radius 1 is 0.903 bits per heavy atom. The summed E-state index contributed by atoms with van der Waals surface area (Å²) in [5, 5.41) is 0. The van der Waals surface area contributed by atoms with E-state index in [1.165, 1.54) is 5.56 Å². The van der Waals surface area contributed by atoms with Crippen LogP contribution in [0.3, 0.4) is 0 Å². The van der Waals surface area contributed by atoms with Crippen LogP contribution in [-0.2, 0) is 15.1 Å². The summed E-state index contributed by atoms with van der Waals surface area (Å²) in [5.74, 6) is 0.785. The molecule has 0 unspecified atom stereocenters. The first kappa shape index (κ1) is 19.8. The van der Waals surface area contributed by atoms with E-state index in [-0.39, 0.29) is 17.6 Å². The minimum atomic E-state index is -0.461. The van der Waals surface area contributed by atoms with E-state index in [9.17, 15) is 4.79 Å². The van der Waals surface area contributed by atoms with Crippen LogP contribution < -0.4 is 4.74 Å². The van der Waals surface area contributed by atoms with E-state index in [1.807, 2.05) is 54.6 Å². The summed E-state index contributed by atoms with van der Waals surface area (Å²) >= 11 is 0. The number of fused-ring (bicyclic) bond motifs is 2. The fourth-order valence-corrected chi connectivity index (χ4v) is 4.76. The lowest BCUT2D eigenvalue weighted by Crippen LogP contribution is -2.40. The molecule has 1 fully saturated rings. The third-order valence-corrected chi connectivity index (χ3v) is 6.61. The Hall–Kier alpha value is -3.11. The topological polar surface area (TPSA) is 38.8 Å². The van der Waals surface area contributed by atoms with Gasteiger partial charge in [-0.15, -0.1) is 0 Å². The molecule has 3 aromatic rings. The molecule has 1 saturated heterocycles. The zero-order valence-corrected chi connectivity index (χ0v) is 18.0. The number of ether oxygens (including phenoxy) is 2. The molecule has 2 aliphatic rings. The van der Waals surface area contributed by atoms with Gasteiger partial charge in [0, 0.05) is 29.8 Å². The Morgan fingerprint density at radius 3 is 2.13 bits per heavy atom. The molecule has 0 radical (unpaired) electrons. The summed E-state index contributed by atoms with van der Waals surface area (Å²) in [6.45, 7) is 6.11. The third-order valence-electron chi connectivity index (χ3n) is 6.61. The van der Waals surface area contributed by atoms with Crippen LogP contribution in [0.4, 0.5) is 0 Å². The maximum Gasteiger partial charge on any atom is 0.318 e. The molecule has 0 aliphatic carbocycles. The van der Waals surface area contributed by atoms with Crippen molar-refractivity contribution in [3.63, 3.8) is 0 Å².